The molecule has 0 heterocycles. The van der Waals surface area contributed by atoms with Crippen molar-refractivity contribution in [2.45, 2.75) is 65.5 Å². The average molecular weight is 240 g/mol. The van der Waals surface area contributed by atoms with E-state index in [0.717, 1.165) is 18.4 Å². The molecule has 1 aliphatic rings. The zero-order valence-electron chi connectivity index (χ0n) is 11.8. The SMILES string of the molecule is CC(C)NC(=O)CCNC1CCC(C)C(C)C1. The van der Waals surface area contributed by atoms with E-state index in [1.165, 1.54) is 19.3 Å². The molecule has 3 nitrogen and oxygen atoms in total. The van der Waals surface area contributed by atoms with E-state index in [9.17, 15) is 4.79 Å². The van der Waals surface area contributed by atoms with Gasteiger partial charge in [0.2, 0.25) is 5.91 Å². The van der Waals surface area contributed by atoms with Crippen molar-refractivity contribution in [1.29, 1.82) is 0 Å². The van der Waals surface area contributed by atoms with Crippen molar-refractivity contribution < 1.29 is 4.79 Å². The normalized spacial score (nSPS) is 29.4. The highest BCUT2D eigenvalue weighted by atomic mass is 16.1. The monoisotopic (exact) mass is 240 g/mol. The molecular formula is C14H28N2O. The first-order valence-corrected chi connectivity index (χ1v) is 7.01. The molecule has 1 fully saturated rings. The second-order valence-electron chi connectivity index (χ2n) is 5.89. The highest BCUT2D eigenvalue weighted by molar-refractivity contribution is 5.76. The molecule has 0 aromatic rings. The van der Waals surface area contributed by atoms with Crippen molar-refractivity contribution in [2.24, 2.45) is 11.8 Å². The number of rotatable bonds is 5. The van der Waals surface area contributed by atoms with Gasteiger partial charge < -0.3 is 10.6 Å². The smallest absolute Gasteiger partial charge is 0.221 e. The van der Waals surface area contributed by atoms with Crippen molar-refractivity contribution in [3.05, 3.63) is 0 Å². The highest BCUT2D eigenvalue weighted by Gasteiger charge is 2.23. The summed E-state index contributed by atoms with van der Waals surface area (Å²) in [5.41, 5.74) is 0. The standard InChI is InChI=1S/C14H28N2O/c1-10(2)16-14(17)7-8-15-13-6-5-11(3)12(4)9-13/h10-13,15H,5-9H2,1-4H3,(H,16,17). The van der Waals surface area contributed by atoms with Crippen LogP contribution in [-0.2, 0) is 4.79 Å². The molecule has 3 heteroatoms. The van der Waals surface area contributed by atoms with Crippen molar-refractivity contribution in [2.75, 3.05) is 6.54 Å². The van der Waals surface area contributed by atoms with E-state index in [1.54, 1.807) is 0 Å². The summed E-state index contributed by atoms with van der Waals surface area (Å²) >= 11 is 0. The molecule has 3 unspecified atom stereocenters. The molecule has 0 aromatic heterocycles. The molecule has 0 bridgehead atoms. The third-order valence-corrected chi connectivity index (χ3v) is 3.83. The van der Waals surface area contributed by atoms with Gasteiger partial charge in [0.05, 0.1) is 0 Å². The summed E-state index contributed by atoms with van der Waals surface area (Å²) in [5.74, 6) is 1.83. The van der Waals surface area contributed by atoms with Gasteiger partial charge in [-0.2, -0.15) is 0 Å². The molecule has 0 spiro atoms. The number of hydrogen-bond donors (Lipinski definition) is 2. The van der Waals surface area contributed by atoms with E-state index in [0.29, 0.717) is 12.5 Å². The van der Waals surface area contributed by atoms with Crippen molar-refractivity contribution in [1.82, 2.24) is 10.6 Å². The molecule has 0 saturated heterocycles. The van der Waals surface area contributed by atoms with Crippen molar-refractivity contribution in [3.8, 4) is 0 Å². The first kappa shape index (κ1) is 14.5. The van der Waals surface area contributed by atoms with Crippen LogP contribution in [0.15, 0.2) is 0 Å². The first-order valence-electron chi connectivity index (χ1n) is 7.01. The van der Waals surface area contributed by atoms with E-state index >= 15 is 0 Å². The second-order valence-corrected chi connectivity index (χ2v) is 5.89. The molecule has 0 aromatic carbocycles. The van der Waals surface area contributed by atoms with Crippen LogP contribution >= 0.6 is 0 Å². The summed E-state index contributed by atoms with van der Waals surface area (Å²) in [6, 6.07) is 0.867. The van der Waals surface area contributed by atoms with Crippen LogP contribution in [0.4, 0.5) is 0 Å². The zero-order chi connectivity index (χ0) is 12.8. The van der Waals surface area contributed by atoms with E-state index in [4.69, 9.17) is 0 Å². The van der Waals surface area contributed by atoms with Gasteiger partial charge in [-0.15, -0.1) is 0 Å². The lowest BCUT2D eigenvalue weighted by atomic mass is 9.79. The summed E-state index contributed by atoms with van der Waals surface area (Å²) in [4.78, 5) is 11.5. The second kappa shape index (κ2) is 7.00. The largest absolute Gasteiger partial charge is 0.354 e. The van der Waals surface area contributed by atoms with Gasteiger partial charge in [0.25, 0.3) is 0 Å². The van der Waals surface area contributed by atoms with Gasteiger partial charge >= 0.3 is 0 Å². The Morgan fingerprint density at radius 1 is 1.24 bits per heavy atom. The van der Waals surface area contributed by atoms with E-state index < -0.39 is 0 Å². The quantitative estimate of drug-likeness (QED) is 0.774. The van der Waals surface area contributed by atoms with Crippen LogP contribution in [0, 0.1) is 11.8 Å². The van der Waals surface area contributed by atoms with Crippen LogP contribution < -0.4 is 10.6 Å². The predicted molar refractivity (Wildman–Crippen MR) is 71.9 cm³/mol. The number of nitrogens with one attached hydrogen (secondary N) is 2. The van der Waals surface area contributed by atoms with Crippen molar-refractivity contribution >= 4 is 5.91 Å². The molecule has 1 amide bonds. The molecule has 2 N–H and O–H groups in total. The van der Waals surface area contributed by atoms with Crippen molar-refractivity contribution in [3.63, 3.8) is 0 Å². The van der Waals surface area contributed by atoms with Crippen LogP contribution in [0.2, 0.25) is 0 Å². The van der Waals surface area contributed by atoms with Gasteiger partial charge in [-0.1, -0.05) is 13.8 Å². The molecule has 0 radical (unpaired) electrons. The summed E-state index contributed by atoms with van der Waals surface area (Å²) in [7, 11) is 0. The van der Waals surface area contributed by atoms with Gasteiger partial charge in [0.15, 0.2) is 0 Å². The van der Waals surface area contributed by atoms with E-state index in [-0.39, 0.29) is 11.9 Å². The maximum absolute atomic E-state index is 11.5. The Kier molecular flexibility index (Phi) is 5.96. The summed E-state index contributed by atoms with van der Waals surface area (Å²) in [6.07, 6.45) is 4.43. The Balaban J connectivity index is 2.13. The average Bonchev–Trinajstić information content (AvgIpc) is 2.22. The van der Waals surface area contributed by atoms with Gasteiger partial charge in [0, 0.05) is 25.0 Å². The number of carbonyl (C=O) groups excluding carboxylic acids is 1. The third kappa shape index (κ3) is 5.53. The number of amides is 1. The topological polar surface area (TPSA) is 41.1 Å². The Hall–Kier alpha value is -0.570. The minimum absolute atomic E-state index is 0.157. The van der Waals surface area contributed by atoms with Crippen LogP contribution in [0.5, 0.6) is 0 Å². The van der Waals surface area contributed by atoms with E-state index in [2.05, 4.69) is 24.5 Å². The van der Waals surface area contributed by atoms with Crippen LogP contribution in [0.3, 0.4) is 0 Å². The molecular weight excluding hydrogens is 212 g/mol. The lowest BCUT2D eigenvalue weighted by Crippen LogP contribution is -2.39. The Morgan fingerprint density at radius 3 is 2.53 bits per heavy atom. The van der Waals surface area contributed by atoms with Gasteiger partial charge in [-0.3, -0.25) is 4.79 Å². The molecule has 3 atom stereocenters. The fourth-order valence-corrected chi connectivity index (χ4v) is 2.52. The fourth-order valence-electron chi connectivity index (χ4n) is 2.52. The first-order chi connectivity index (χ1) is 7.99. The molecule has 17 heavy (non-hydrogen) atoms. The zero-order valence-corrected chi connectivity index (χ0v) is 11.8. The Morgan fingerprint density at radius 2 is 1.94 bits per heavy atom. The van der Waals surface area contributed by atoms with Crippen LogP contribution in [0.1, 0.15) is 53.4 Å². The van der Waals surface area contributed by atoms with E-state index in [1.807, 2.05) is 13.8 Å². The summed E-state index contributed by atoms with van der Waals surface area (Å²) < 4.78 is 0. The molecule has 1 rings (SSSR count). The lowest BCUT2D eigenvalue weighted by Gasteiger charge is -2.32. The maximum Gasteiger partial charge on any atom is 0.221 e. The van der Waals surface area contributed by atoms with Crippen LogP contribution in [0.25, 0.3) is 0 Å². The minimum Gasteiger partial charge on any atom is -0.354 e. The van der Waals surface area contributed by atoms with Gasteiger partial charge in [0.1, 0.15) is 0 Å². The van der Waals surface area contributed by atoms with Gasteiger partial charge in [-0.25, -0.2) is 0 Å². The summed E-state index contributed by atoms with van der Waals surface area (Å²) in [5, 5.41) is 6.43. The molecule has 1 saturated carbocycles. The Bertz CT molecular complexity index is 240. The highest BCUT2D eigenvalue weighted by Crippen LogP contribution is 2.29. The maximum atomic E-state index is 11.5. The lowest BCUT2D eigenvalue weighted by molar-refractivity contribution is -0.121. The minimum atomic E-state index is 0.157. The molecule has 0 aliphatic heterocycles. The van der Waals surface area contributed by atoms with Crippen LogP contribution in [-0.4, -0.2) is 24.5 Å². The fraction of sp³-hybridized carbons (Fsp3) is 0.929. The molecule has 100 valence electrons. The number of carbonyl (C=O) groups is 1. The number of hydrogen-bond acceptors (Lipinski definition) is 2. The van der Waals surface area contributed by atoms with Gasteiger partial charge in [-0.05, 0) is 44.9 Å². The molecule has 1 aliphatic carbocycles. The predicted octanol–water partition coefficient (Wildman–Crippen LogP) is 2.32. The Labute approximate surface area is 106 Å². The third-order valence-electron chi connectivity index (χ3n) is 3.83. The summed E-state index contributed by atoms with van der Waals surface area (Å²) in [6.45, 7) is 9.48.